The molecule has 3 aromatic rings. The number of benzene rings is 3. The molecule has 0 bridgehead atoms. The first-order chi connectivity index (χ1) is 12.6. The van der Waals surface area contributed by atoms with E-state index in [0.29, 0.717) is 18.3 Å². The fourth-order valence-electron chi connectivity index (χ4n) is 2.67. The second-order valence-corrected chi connectivity index (χ2v) is 6.52. The third-order valence-corrected chi connectivity index (χ3v) is 3.99. The topological polar surface area (TPSA) is 51.0 Å². The Morgan fingerprint density at radius 2 is 1.77 bits per heavy atom. The van der Waals surface area contributed by atoms with Gasteiger partial charge in [0, 0.05) is 17.0 Å². The van der Waals surface area contributed by atoms with Crippen LogP contribution < -0.4 is 9.47 Å². The van der Waals surface area contributed by atoms with Gasteiger partial charge in [-0.1, -0.05) is 38.1 Å². The summed E-state index contributed by atoms with van der Waals surface area (Å²) in [6.45, 7) is 4.86. The molecule has 4 nitrogen and oxygen atoms in total. The van der Waals surface area contributed by atoms with Gasteiger partial charge in [0.1, 0.15) is 5.75 Å². The highest BCUT2D eigenvalue weighted by atomic mass is 16.5. The molecule has 1 N–H and O–H groups in total. The first-order valence-corrected chi connectivity index (χ1v) is 8.64. The van der Waals surface area contributed by atoms with E-state index in [-0.39, 0.29) is 5.75 Å². The minimum Gasteiger partial charge on any atom is -0.507 e. The number of aliphatic imine (C=N–C) groups is 1. The summed E-state index contributed by atoms with van der Waals surface area (Å²) < 4.78 is 11.2. The zero-order valence-electron chi connectivity index (χ0n) is 15.3. The zero-order valence-corrected chi connectivity index (χ0v) is 15.3. The number of nitrogens with zero attached hydrogens (tertiary/aromatic N) is 1. The number of phenolic OH excluding ortho intramolecular Hbond substituents is 1. The fraction of sp³-hybridized carbons (Fsp3) is 0.227. The van der Waals surface area contributed by atoms with Crippen LogP contribution >= 0.6 is 0 Å². The Morgan fingerprint density at radius 1 is 1.00 bits per heavy atom. The predicted octanol–water partition coefficient (Wildman–Crippen LogP) is 5.34. The van der Waals surface area contributed by atoms with Crippen molar-refractivity contribution in [2.45, 2.75) is 13.8 Å². The molecule has 0 aliphatic carbocycles. The summed E-state index contributed by atoms with van der Waals surface area (Å²) in [4.78, 5) is 4.59. The van der Waals surface area contributed by atoms with Gasteiger partial charge in [-0.25, -0.2) is 0 Å². The maximum atomic E-state index is 9.99. The predicted molar refractivity (Wildman–Crippen MR) is 106 cm³/mol. The molecular formula is C22H23NO3. The van der Waals surface area contributed by atoms with Gasteiger partial charge in [0.25, 0.3) is 0 Å². The van der Waals surface area contributed by atoms with Crippen molar-refractivity contribution in [2.24, 2.45) is 10.9 Å². The number of methoxy groups -OCH3 is 1. The fourth-order valence-corrected chi connectivity index (χ4v) is 2.67. The quantitative estimate of drug-likeness (QED) is 0.611. The summed E-state index contributed by atoms with van der Waals surface area (Å²) >= 11 is 0. The van der Waals surface area contributed by atoms with Crippen LogP contribution in [-0.2, 0) is 0 Å². The van der Waals surface area contributed by atoms with Gasteiger partial charge >= 0.3 is 0 Å². The van der Waals surface area contributed by atoms with Crippen molar-refractivity contribution >= 4 is 22.7 Å². The van der Waals surface area contributed by atoms with Crippen LogP contribution in [-0.4, -0.2) is 25.0 Å². The lowest BCUT2D eigenvalue weighted by Crippen LogP contribution is -2.05. The lowest BCUT2D eigenvalue weighted by Gasteiger charge is -2.12. The van der Waals surface area contributed by atoms with Crippen LogP contribution in [0.3, 0.4) is 0 Å². The van der Waals surface area contributed by atoms with E-state index in [1.54, 1.807) is 19.4 Å². The smallest absolute Gasteiger partial charge is 0.161 e. The lowest BCUT2D eigenvalue weighted by molar-refractivity contribution is 0.257. The average Bonchev–Trinajstić information content (AvgIpc) is 2.65. The van der Waals surface area contributed by atoms with E-state index < -0.39 is 0 Å². The van der Waals surface area contributed by atoms with Gasteiger partial charge in [-0.3, -0.25) is 4.99 Å². The van der Waals surface area contributed by atoms with E-state index in [4.69, 9.17) is 9.47 Å². The Bertz CT molecular complexity index is 932. The zero-order chi connectivity index (χ0) is 18.5. The Hall–Kier alpha value is -3.01. The molecular weight excluding hydrogens is 326 g/mol. The largest absolute Gasteiger partial charge is 0.507 e. The molecule has 0 fully saturated rings. The van der Waals surface area contributed by atoms with Gasteiger partial charge in [0.05, 0.1) is 19.4 Å². The molecule has 3 rings (SSSR count). The molecule has 4 heteroatoms. The standard InChI is InChI=1S/C22H23NO3/c1-15(2)14-26-21-11-10-16(12-22(21)25-3)13-23-19-8-4-7-18-17(19)6-5-9-20(18)24/h4-13,15,24H,14H2,1-3H3. The first-order valence-electron chi connectivity index (χ1n) is 8.64. The van der Waals surface area contributed by atoms with Crippen molar-refractivity contribution in [3.63, 3.8) is 0 Å². The molecule has 0 saturated heterocycles. The van der Waals surface area contributed by atoms with Crippen LogP contribution in [0.2, 0.25) is 0 Å². The molecule has 0 spiro atoms. The van der Waals surface area contributed by atoms with Crippen molar-refractivity contribution in [1.29, 1.82) is 0 Å². The van der Waals surface area contributed by atoms with Gasteiger partial charge in [-0.2, -0.15) is 0 Å². The molecule has 0 saturated carbocycles. The molecule has 0 aliphatic heterocycles. The number of hydrogen-bond acceptors (Lipinski definition) is 4. The van der Waals surface area contributed by atoms with Crippen molar-refractivity contribution in [3.05, 3.63) is 60.2 Å². The van der Waals surface area contributed by atoms with Crippen molar-refractivity contribution in [1.82, 2.24) is 0 Å². The number of ether oxygens (including phenoxy) is 2. The summed E-state index contributed by atoms with van der Waals surface area (Å²) in [6.07, 6.45) is 1.79. The highest BCUT2D eigenvalue weighted by Crippen LogP contribution is 2.32. The van der Waals surface area contributed by atoms with Crippen LogP contribution in [0, 0.1) is 5.92 Å². The van der Waals surface area contributed by atoms with Gasteiger partial charge in [0.15, 0.2) is 11.5 Å². The highest BCUT2D eigenvalue weighted by molar-refractivity contribution is 5.98. The lowest BCUT2D eigenvalue weighted by atomic mass is 10.1. The molecule has 0 aliphatic rings. The Morgan fingerprint density at radius 3 is 2.54 bits per heavy atom. The van der Waals surface area contributed by atoms with Crippen LogP contribution in [0.4, 0.5) is 5.69 Å². The maximum Gasteiger partial charge on any atom is 0.161 e. The van der Waals surface area contributed by atoms with Gasteiger partial charge in [-0.05, 0) is 41.8 Å². The molecule has 26 heavy (non-hydrogen) atoms. The van der Waals surface area contributed by atoms with Crippen molar-refractivity contribution in [2.75, 3.05) is 13.7 Å². The van der Waals surface area contributed by atoms with Crippen LogP contribution in [0.25, 0.3) is 10.8 Å². The van der Waals surface area contributed by atoms with Crippen molar-refractivity contribution < 1.29 is 14.6 Å². The normalized spacial score (nSPS) is 11.4. The van der Waals surface area contributed by atoms with E-state index in [9.17, 15) is 5.11 Å². The summed E-state index contributed by atoms with van der Waals surface area (Å²) in [6, 6.07) is 16.9. The molecule has 0 aromatic heterocycles. The Balaban J connectivity index is 1.88. The molecule has 0 radical (unpaired) electrons. The maximum absolute atomic E-state index is 9.99. The number of hydrogen-bond donors (Lipinski definition) is 1. The van der Waals surface area contributed by atoms with E-state index >= 15 is 0 Å². The molecule has 0 unspecified atom stereocenters. The highest BCUT2D eigenvalue weighted by Gasteiger charge is 2.07. The monoisotopic (exact) mass is 349 g/mol. The molecule has 134 valence electrons. The average molecular weight is 349 g/mol. The minimum atomic E-state index is 0.257. The summed E-state index contributed by atoms with van der Waals surface area (Å²) in [5.41, 5.74) is 1.72. The van der Waals surface area contributed by atoms with E-state index in [0.717, 1.165) is 27.8 Å². The number of phenols is 1. The summed E-state index contributed by atoms with van der Waals surface area (Å²) in [5.74, 6) is 2.12. The van der Waals surface area contributed by atoms with E-state index in [2.05, 4.69) is 18.8 Å². The van der Waals surface area contributed by atoms with Crippen LogP contribution in [0.5, 0.6) is 17.2 Å². The Kier molecular flexibility index (Phi) is 5.42. The molecule has 0 atom stereocenters. The minimum absolute atomic E-state index is 0.257. The second kappa shape index (κ2) is 7.91. The van der Waals surface area contributed by atoms with Gasteiger partial charge in [0.2, 0.25) is 0 Å². The SMILES string of the molecule is COc1cc(C=Nc2cccc3c(O)cccc23)ccc1OCC(C)C. The summed E-state index contributed by atoms with van der Waals surface area (Å²) in [5, 5.41) is 11.7. The Labute approximate surface area is 153 Å². The van der Waals surface area contributed by atoms with Gasteiger partial charge < -0.3 is 14.6 Å². The van der Waals surface area contributed by atoms with Crippen molar-refractivity contribution in [3.8, 4) is 17.2 Å². The molecule has 0 heterocycles. The third kappa shape index (κ3) is 3.97. The molecule has 0 amide bonds. The third-order valence-electron chi connectivity index (χ3n) is 3.99. The van der Waals surface area contributed by atoms with Crippen LogP contribution in [0.15, 0.2) is 59.6 Å². The van der Waals surface area contributed by atoms with E-state index in [1.165, 1.54) is 0 Å². The number of fused-ring (bicyclic) bond motifs is 1. The second-order valence-electron chi connectivity index (χ2n) is 6.52. The molecule has 3 aromatic carbocycles. The van der Waals surface area contributed by atoms with Crippen LogP contribution in [0.1, 0.15) is 19.4 Å². The van der Waals surface area contributed by atoms with E-state index in [1.807, 2.05) is 48.5 Å². The number of rotatable bonds is 6. The van der Waals surface area contributed by atoms with Gasteiger partial charge in [-0.15, -0.1) is 0 Å². The summed E-state index contributed by atoms with van der Waals surface area (Å²) in [7, 11) is 1.63. The number of aromatic hydroxyl groups is 1. The first kappa shape index (κ1) is 17.8.